The van der Waals surface area contributed by atoms with Crippen molar-refractivity contribution in [3.8, 4) is 23.0 Å². The van der Waals surface area contributed by atoms with Crippen molar-refractivity contribution in [2.24, 2.45) is 0 Å². The molecule has 3 amide bonds. The first kappa shape index (κ1) is 17.4. The Morgan fingerprint density at radius 3 is 2.72 bits per heavy atom. The summed E-state index contributed by atoms with van der Waals surface area (Å²) >= 11 is 0. The molecule has 0 aliphatic carbocycles. The molecule has 0 unspecified atom stereocenters. The van der Waals surface area contributed by atoms with Crippen molar-refractivity contribution in [2.75, 3.05) is 13.2 Å². The zero-order valence-corrected chi connectivity index (χ0v) is 15.5. The van der Waals surface area contributed by atoms with Crippen molar-refractivity contribution in [3.63, 3.8) is 0 Å². The molecule has 0 radical (unpaired) electrons. The smallest absolute Gasteiger partial charge is 0.325 e. The third-order valence-corrected chi connectivity index (χ3v) is 5.04. The molecule has 0 saturated carbocycles. The van der Waals surface area contributed by atoms with Gasteiger partial charge in [-0.1, -0.05) is 11.2 Å². The summed E-state index contributed by atoms with van der Waals surface area (Å²) in [7, 11) is 0. The van der Waals surface area contributed by atoms with Gasteiger partial charge in [0.2, 0.25) is 5.76 Å². The number of ether oxygens (including phenoxy) is 2. The molecule has 2 aliphatic rings. The van der Waals surface area contributed by atoms with Crippen molar-refractivity contribution < 1.29 is 28.0 Å². The largest absolute Gasteiger partial charge is 0.486 e. The summed E-state index contributed by atoms with van der Waals surface area (Å²) in [6.07, 6.45) is 1.52. The number of hydrogen-bond acceptors (Lipinski definition) is 7. The highest BCUT2D eigenvalue weighted by molar-refractivity contribution is 6.07. The second-order valence-electron chi connectivity index (χ2n) is 6.96. The van der Waals surface area contributed by atoms with Gasteiger partial charge in [-0.05, 0) is 36.8 Å². The van der Waals surface area contributed by atoms with Crippen LogP contribution in [-0.2, 0) is 16.9 Å². The number of benzene rings is 1. The van der Waals surface area contributed by atoms with Gasteiger partial charge in [-0.15, -0.1) is 0 Å². The van der Waals surface area contributed by atoms with Crippen molar-refractivity contribution in [1.82, 2.24) is 15.4 Å². The van der Waals surface area contributed by atoms with Gasteiger partial charge in [0.25, 0.3) is 5.91 Å². The van der Waals surface area contributed by atoms with E-state index >= 15 is 0 Å². The van der Waals surface area contributed by atoms with Crippen LogP contribution in [0.25, 0.3) is 11.5 Å². The molecule has 3 aromatic rings. The summed E-state index contributed by atoms with van der Waals surface area (Å²) in [5, 5.41) is 6.71. The summed E-state index contributed by atoms with van der Waals surface area (Å²) < 4.78 is 21.6. The van der Waals surface area contributed by atoms with Crippen LogP contribution in [0.4, 0.5) is 4.79 Å². The molecule has 0 bridgehead atoms. The Hall–Kier alpha value is -3.75. The number of rotatable bonds is 4. The third kappa shape index (κ3) is 2.82. The fourth-order valence-corrected chi connectivity index (χ4v) is 3.47. The minimum absolute atomic E-state index is 0.0188. The Kier molecular flexibility index (Phi) is 3.83. The Balaban J connectivity index is 1.39. The topological polar surface area (TPSA) is 107 Å². The van der Waals surface area contributed by atoms with Crippen LogP contribution in [0.2, 0.25) is 0 Å². The van der Waals surface area contributed by atoms with Crippen LogP contribution in [0.15, 0.2) is 51.6 Å². The predicted octanol–water partition coefficient (Wildman–Crippen LogP) is 2.67. The number of carbonyl (C=O) groups is 2. The molecular formula is C20H17N3O6. The number of imide groups is 1. The van der Waals surface area contributed by atoms with Crippen LogP contribution in [0.5, 0.6) is 11.5 Å². The Morgan fingerprint density at radius 2 is 1.93 bits per heavy atom. The Morgan fingerprint density at radius 1 is 1.10 bits per heavy atom. The van der Waals surface area contributed by atoms with Crippen LogP contribution in [0.3, 0.4) is 0 Å². The van der Waals surface area contributed by atoms with Crippen LogP contribution < -0.4 is 14.8 Å². The molecule has 1 saturated heterocycles. The number of fused-ring (bicyclic) bond motifs is 1. The maximum absolute atomic E-state index is 13.1. The molecule has 2 aliphatic heterocycles. The first-order valence-electron chi connectivity index (χ1n) is 9.08. The number of carbonyl (C=O) groups excluding carboxylic acids is 2. The van der Waals surface area contributed by atoms with Gasteiger partial charge in [-0.2, -0.15) is 0 Å². The molecule has 5 rings (SSSR count). The van der Waals surface area contributed by atoms with Gasteiger partial charge < -0.3 is 23.7 Å². The number of hydrogen-bond donors (Lipinski definition) is 1. The van der Waals surface area contributed by atoms with E-state index in [1.807, 2.05) is 0 Å². The molecule has 1 fully saturated rings. The maximum atomic E-state index is 13.1. The van der Waals surface area contributed by atoms with E-state index in [4.69, 9.17) is 18.4 Å². The molecular weight excluding hydrogens is 378 g/mol. The van der Waals surface area contributed by atoms with E-state index in [1.54, 1.807) is 43.3 Å². The summed E-state index contributed by atoms with van der Waals surface area (Å²) in [6, 6.07) is 9.81. The number of nitrogens with one attached hydrogen (secondary N) is 1. The van der Waals surface area contributed by atoms with E-state index in [9.17, 15) is 9.59 Å². The molecule has 1 aromatic carbocycles. The summed E-state index contributed by atoms with van der Waals surface area (Å²) in [5.74, 6) is 1.72. The fraction of sp³-hybridized carbons (Fsp3) is 0.250. The number of urea groups is 1. The number of aromatic nitrogens is 1. The van der Waals surface area contributed by atoms with E-state index in [2.05, 4.69) is 10.5 Å². The van der Waals surface area contributed by atoms with E-state index in [0.29, 0.717) is 47.5 Å². The van der Waals surface area contributed by atoms with E-state index < -0.39 is 11.6 Å². The molecule has 29 heavy (non-hydrogen) atoms. The first-order valence-corrected chi connectivity index (χ1v) is 9.08. The maximum Gasteiger partial charge on any atom is 0.325 e. The fourth-order valence-electron chi connectivity index (χ4n) is 3.47. The Labute approximate surface area is 165 Å². The first-order chi connectivity index (χ1) is 14.0. The highest BCUT2D eigenvalue weighted by Gasteiger charge is 2.49. The lowest BCUT2D eigenvalue weighted by atomic mass is 9.91. The number of nitrogens with zero attached hydrogens (tertiary/aromatic N) is 2. The lowest BCUT2D eigenvalue weighted by Gasteiger charge is -2.25. The highest BCUT2D eigenvalue weighted by Crippen LogP contribution is 2.37. The molecule has 9 heteroatoms. The Bertz CT molecular complexity index is 1090. The van der Waals surface area contributed by atoms with Crippen LogP contribution >= 0.6 is 0 Å². The average Bonchev–Trinajstić information content (AvgIpc) is 3.46. The van der Waals surface area contributed by atoms with E-state index in [1.165, 1.54) is 6.26 Å². The van der Waals surface area contributed by atoms with Gasteiger partial charge in [0.15, 0.2) is 17.3 Å². The van der Waals surface area contributed by atoms with Gasteiger partial charge in [-0.25, -0.2) is 4.79 Å². The van der Waals surface area contributed by atoms with Crippen molar-refractivity contribution in [3.05, 3.63) is 53.9 Å². The van der Waals surface area contributed by atoms with Gasteiger partial charge in [0.1, 0.15) is 24.4 Å². The highest BCUT2D eigenvalue weighted by atomic mass is 16.6. The number of furan rings is 1. The van der Waals surface area contributed by atoms with Crippen molar-refractivity contribution in [2.45, 2.75) is 19.0 Å². The molecule has 0 spiro atoms. The molecule has 1 N–H and O–H groups in total. The van der Waals surface area contributed by atoms with Gasteiger partial charge in [0, 0.05) is 6.07 Å². The van der Waals surface area contributed by atoms with Crippen molar-refractivity contribution >= 4 is 11.9 Å². The zero-order valence-electron chi connectivity index (χ0n) is 15.5. The van der Waals surface area contributed by atoms with Gasteiger partial charge in [-0.3, -0.25) is 9.69 Å². The second kappa shape index (κ2) is 6.40. The van der Waals surface area contributed by atoms with Gasteiger partial charge in [0.05, 0.1) is 12.8 Å². The minimum atomic E-state index is -1.22. The summed E-state index contributed by atoms with van der Waals surface area (Å²) in [4.78, 5) is 26.8. The molecule has 4 heterocycles. The summed E-state index contributed by atoms with van der Waals surface area (Å²) in [6.45, 7) is 2.55. The average molecular weight is 395 g/mol. The monoisotopic (exact) mass is 395 g/mol. The minimum Gasteiger partial charge on any atom is -0.486 e. The SMILES string of the molecule is C[C@@]1(c2ccc3c(c2)OCCO3)NC(=O)N(Cc2cc(-c3ccco3)on2)C1=O. The zero-order chi connectivity index (χ0) is 20.0. The molecule has 148 valence electrons. The lowest BCUT2D eigenvalue weighted by molar-refractivity contribution is -0.131. The van der Waals surface area contributed by atoms with E-state index in [-0.39, 0.29) is 12.5 Å². The standard InChI is InChI=1S/C20H17N3O6/c1-20(12-4-5-15-16(9-12)28-8-7-27-15)18(24)23(19(25)21-20)11-13-10-17(29-22-13)14-3-2-6-26-14/h2-6,9-10H,7-8,11H2,1H3,(H,21,25)/t20-/m0/s1. The molecule has 9 nitrogen and oxygen atoms in total. The normalized spacial score (nSPS) is 20.8. The van der Waals surface area contributed by atoms with Crippen molar-refractivity contribution in [1.29, 1.82) is 0 Å². The lowest BCUT2D eigenvalue weighted by Crippen LogP contribution is -2.41. The third-order valence-electron chi connectivity index (χ3n) is 5.04. The number of amides is 3. The molecule has 2 aromatic heterocycles. The second-order valence-corrected chi connectivity index (χ2v) is 6.96. The summed E-state index contributed by atoms with van der Waals surface area (Å²) in [5.41, 5.74) is -0.175. The predicted molar refractivity (Wildman–Crippen MR) is 98.1 cm³/mol. The van der Waals surface area contributed by atoms with Crippen LogP contribution in [-0.4, -0.2) is 35.2 Å². The van der Waals surface area contributed by atoms with Gasteiger partial charge >= 0.3 is 6.03 Å². The quantitative estimate of drug-likeness (QED) is 0.677. The van der Waals surface area contributed by atoms with Crippen LogP contribution in [0, 0.1) is 0 Å². The van der Waals surface area contributed by atoms with E-state index in [0.717, 1.165) is 4.90 Å². The molecule has 1 atom stereocenters. The van der Waals surface area contributed by atoms with Crippen LogP contribution in [0.1, 0.15) is 18.2 Å².